The first-order valence-corrected chi connectivity index (χ1v) is 9.94. The van der Waals surface area contributed by atoms with Crippen LogP contribution in [-0.4, -0.2) is 33.2 Å². The van der Waals surface area contributed by atoms with E-state index in [9.17, 15) is 4.79 Å². The molecule has 6 nitrogen and oxygen atoms in total. The molecule has 1 aromatic carbocycles. The monoisotopic (exact) mass is 382 g/mol. The molecular formula is C20H22N4O2S. The summed E-state index contributed by atoms with van der Waals surface area (Å²) in [6.07, 6.45) is 3.20. The van der Waals surface area contributed by atoms with Crippen molar-refractivity contribution in [1.82, 2.24) is 15.0 Å². The van der Waals surface area contributed by atoms with E-state index in [-0.39, 0.29) is 12.0 Å². The number of nitrogens with one attached hydrogen (secondary N) is 1. The zero-order valence-corrected chi connectivity index (χ0v) is 16.6. The summed E-state index contributed by atoms with van der Waals surface area (Å²) in [4.78, 5) is 25.9. The van der Waals surface area contributed by atoms with Crippen molar-refractivity contribution in [2.24, 2.45) is 0 Å². The molecule has 27 heavy (non-hydrogen) atoms. The number of ether oxygens (including phenoxy) is 1. The maximum absolute atomic E-state index is 12.3. The molecule has 3 aromatic rings. The summed E-state index contributed by atoms with van der Waals surface area (Å²) in [5, 5.41) is 4.87. The molecule has 0 aliphatic rings. The van der Waals surface area contributed by atoms with E-state index in [1.807, 2.05) is 39.2 Å². The molecule has 0 spiro atoms. The number of fused-ring (bicyclic) bond motifs is 1. The average molecular weight is 382 g/mol. The van der Waals surface area contributed by atoms with Crippen LogP contribution < -0.4 is 5.32 Å². The second-order valence-electron chi connectivity index (χ2n) is 6.40. The fourth-order valence-corrected chi connectivity index (χ4v) is 2.93. The third-order valence-corrected chi connectivity index (χ3v) is 4.44. The van der Waals surface area contributed by atoms with Crippen LogP contribution in [0.2, 0.25) is 0 Å². The molecule has 1 N–H and O–H groups in total. The van der Waals surface area contributed by atoms with E-state index in [1.165, 1.54) is 11.8 Å². The Morgan fingerprint density at radius 2 is 1.89 bits per heavy atom. The van der Waals surface area contributed by atoms with E-state index in [4.69, 9.17) is 4.74 Å². The van der Waals surface area contributed by atoms with Crippen LogP contribution in [0.3, 0.4) is 0 Å². The molecular weight excluding hydrogens is 360 g/mol. The maximum Gasteiger partial charge on any atom is 0.338 e. The lowest BCUT2D eigenvalue weighted by Crippen LogP contribution is -2.15. The molecule has 0 radical (unpaired) electrons. The number of rotatable bonds is 6. The molecule has 7 heteroatoms. The Kier molecular flexibility index (Phi) is 5.91. The average Bonchev–Trinajstić information content (AvgIpc) is 2.67. The van der Waals surface area contributed by atoms with Gasteiger partial charge in [-0.3, -0.25) is 0 Å². The van der Waals surface area contributed by atoms with E-state index < -0.39 is 6.10 Å². The Bertz CT molecular complexity index is 947. The summed E-state index contributed by atoms with van der Waals surface area (Å²) >= 11 is 1.48. The van der Waals surface area contributed by atoms with Crippen molar-refractivity contribution in [3.8, 4) is 0 Å². The molecule has 0 aliphatic heterocycles. The molecule has 0 saturated carbocycles. The lowest BCUT2D eigenvalue weighted by Gasteiger charge is -2.17. The van der Waals surface area contributed by atoms with E-state index >= 15 is 0 Å². The topological polar surface area (TPSA) is 77.0 Å². The number of benzene rings is 1. The van der Waals surface area contributed by atoms with Crippen LogP contribution in [0.1, 0.15) is 42.9 Å². The van der Waals surface area contributed by atoms with E-state index in [1.54, 1.807) is 30.5 Å². The second kappa shape index (κ2) is 8.35. The SMILES string of the molecule is CSc1ncc2cc(C(C)OC(=O)c3ccccc3)nc(NC(C)C)c2n1. The zero-order chi connectivity index (χ0) is 19.4. The maximum atomic E-state index is 12.3. The third kappa shape index (κ3) is 4.54. The normalized spacial score (nSPS) is 12.2. The van der Waals surface area contributed by atoms with E-state index in [2.05, 4.69) is 20.3 Å². The Morgan fingerprint density at radius 3 is 2.56 bits per heavy atom. The number of pyridine rings is 1. The Hall–Kier alpha value is -2.67. The van der Waals surface area contributed by atoms with Gasteiger partial charge in [-0.25, -0.2) is 19.7 Å². The molecule has 1 atom stereocenters. The first kappa shape index (κ1) is 19.1. The van der Waals surface area contributed by atoms with Crippen LogP contribution >= 0.6 is 11.8 Å². The van der Waals surface area contributed by atoms with Gasteiger partial charge in [0, 0.05) is 17.6 Å². The number of carbonyl (C=O) groups excluding carboxylic acids is 1. The summed E-state index contributed by atoms with van der Waals surface area (Å²) in [6, 6.07) is 11.0. The molecule has 0 amide bonds. The van der Waals surface area contributed by atoms with Crippen LogP contribution in [0.4, 0.5) is 5.82 Å². The predicted molar refractivity (Wildman–Crippen MR) is 108 cm³/mol. The van der Waals surface area contributed by atoms with Crippen molar-refractivity contribution in [2.75, 3.05) is 11.6 Å². The number of thioether (sulfide) groups is 1. The molecule has 0 bridgehead atoms. The second-order valence-corrected chi connectivity index (χ2v) is 7.18. The van der Waals surface area contributed by atoms with Crippen LogP contribution in [0.15, 0.2) is 47.8 Å². The highest BCUT2D eigenvalue weighted by atomic mass is 32.2. The summed E-state index contributed by atoms with van der Waals surface area (Å²) in [7, 11) is 0. The minimum atomic E-state index is -0.505. The van der Waals surface area contributed by atoms with Gasteiger partial charge < -0.3 is 10.1 Å². The quantitative estimate of drug-likeness (QED) is 0.382. The van der Waals surface area contributed by atoms with Crippen LogP contribution in [0.25, 0.3) is 10.9 Å². The minimum absolute atomic E-state index is 0.186. The molecule has 2 aromatic heterocycles. The summed E-state index contributed by atoms with van der Waals surface area (Å²) in [5.41, 5.74) is 1.92. The Balaban J connectivity index is 1.94. The van der Waals surface area contributed by atoms with Crippen molar-refractivity contribution < 1.29 is 9.53 Å². The van der Waals surface area contributed by atoms with Gasteiger partial charge in [0.05, 0.1) is 11.3 Å². The van der Waals surface area contributed by atoms with Gasteiger partial charge in [-0.2, -0.15) is 0 Å². The van der Waals surface area contributed by atoms with Gasteiger partial charge in [0.1, 0.15) is 11.6 Å². The standard InChI is InChI=1S/C20H22N4O2S/c1-12(2)22-18-17-15(11-21-20(24-17)27-4)10-16(23-18)13(3)26-19(25)14-8-6-5-7-9-14/h5-13H,1-4H3,(H,22,23). The van der Waals surface area contributed by atoms with E-state index in [0.29, 0.717) is 22.2 Å². The van der Waals surface area contributed by atoms with Crippen molar-refractivity contribution in [3.63, 3.8) is 0 Å². The van der Waals surface area contributed by atoms with Gasteiger partial charge in [0.2, 0.25) is 0 Å². The zero-order valence-electron chi connectivity index (χ0n) is 15.8. The molecule has 0 saturated heterocycles. The molecule has 3 rings (SSSR count). The number of esters is 1. The fraction of sp³-hybridized carbons (Fsp3) is 0.300. The third-order valence-electron chi connectivity index (χ3n) is 3.88. The van der Waals surface area contributed by atoms with Gasteiger partial charge >= 0.3 is 5.97 Å². The fourth-order valence-electron chi connectivity index (χ4n) is 2.59. The molecule has 0 aliphatic carbocycles. The van der Waals surface area contributed by atoms with Gasteiger partial charge in [0.25, 0.3) is 0 Å². The lowest BCUT2D eigenvalue weighted by molar-refractivity contribution is 0.0330. The predicted octanol–water partition coefficient (Wildman–Crippen LogP) is 4.49. The minimum Gasteiger partial charge on any atom is -0.453 e. The smallest absolute Gasteiger partial charge is 0.338 e. The van der Waals surface area contributed by atoms with Crippen LogP contribution in [0, 0.1) is 0 Å². The highest BCUT2D eigenvalue weighted by Gasteiger charge is 2.18. The molecule has 1 unspecified atom stereocenters. The number of nitrogens with zero attached hydrogens (tertiary/aromatic N) is 3. The number of carbonyl (C=O) groups is 1. The van der Waals surface area contributed by atoms with Gasteiger partial charge in [-0.15, -0.1) is 0 Å². The first-order valence-electron chi connectivity index (χ1n) is 8.72. The molecule has 2 heterocycles. The Labute approximate surface area is 162 Å². The largest absolute Gasteiger partial charge is 0.453 e. The van der Waals surface area contributed by atoms with E-state index in [0.717, 1.165) is 10.9 Å². The lowest BCUT2D eigenvalue weighted by atomic mass is 10.2. The van der Waals surface area contributed by atoms with Crippen molar-refractivity contribution in [2.45, 2.75) is 38.1 Å². The first-order chi connectivity index (χ1) is 13.0. The number of aromatic nitrogens is 3. The highest BCUT2D eigenvalue weighted by molar-refractivity contribution is 7.98. The van der Waals surface area contributed by atoms with Crippen LogP contribution in [-0.2, 0) is 4.74 Å². The van der Waals surface area contributed by atoms with Crippen molar-refractivity contribution >= 4 is 34.5 Å². The summed E-state index contributed by atoms with van der Waals surface area (Å²) in [5.74, 6) is 0.287. The summed E-state index contributed by atoms with van der Waals surface area (Å²) < 4.78 is 5.60. The van der Waals surface area contributed by atoms with Crippen molar-refractivity contribution in [1.29, 1.82) is 0 Å². The summed E-state index contributed by atoms with van der Waals surface area (Å²) in [6.45, 7) is 5.89. The van der Waals surface area contributed by atoms with Crippen LogP contribution in [0.5, 0.6) is 0 Å². The molecule has 140 valence electrons. The number of anilines is 1. The number of hydrogen-bond acceptors (Lipinski definition) is 7. The number of hydrogen-bond donors (Lipinski definition) is 1. The Morgan fingerprint density at radius 1 is 1.15 bits per heavy atom. The highest BCUT2D eigenvalue weighted by Crippen LogP contribution is 2.27. The van der Waals surface area contributed by atoms with Crippen molar-refractivity contribution in [3.05, 3.63) is 53.9 Å². The van der Waals surface area contributed by atoms with Gasteiger partial charge in [-0.05, 0) is 45.2 Å². The van der Waals surface area contributed by atoms with Gasteiger partial charge in [-0.1, -0.05) is 30.0 Å². The van der Waals surface area contributed by atoms with Gasteiger partial charge in [0.15, 0.2) is 11.0 Å². The molecule has 0 fully saturated rings.